The zero-order chi connectivity index (χ0) is 46.8. The number of amides is 4. The van der Waals surface area contributed by atoms with Crippen LogP contribution in [0.4, 0.5) is 21.6 Å². The van der Waals surface area contributed by atoms with Crippen LogP contribution in [0.2, 0.25) is 5.02 Å². The van der Waals surface area contributed by atoms with E-state index < -0.39 is 67.2 Å². The van der Waals surface area contributed by atoms with Gasteiger partial charge in [-0.3, -0.25) is 34.3 Å². The molecule has 0 saturated carbocycles. The van der Waals surface area contributed by atoms with Crippen molar-refractivity contribution in [3.63, 3.8) is 0 Å². The average molecular weight is 807 g/mol. The first-order chi connectivity index (χ1) is 30.7. The van der Waals surface area contributed by atoms with Crippen molar-refractivity contribution < 1.29 is 44.0 Å². The highest BCUT2D eigenvalue weighted by Crippen LogP contribution is 2.36. The molecular weight excluding hydrogens is 755 g/mol. The molecule has 0 aliphatic carbocycles. The van der Waals surface area contributed by atoms with Crippen LogP contribution < -0.4 is 25.0 Å². The molecule has 0 spiro atoms. The number of anilines is 3. The number of carbonyl (C=O) groups excluding carboxylic acids is 4. The maximum absolute atomic E-state index is 13.8. The first-order valence-corrected chi connectivity index (χ1v) is 18.9. The standard InChI is InChI=1S/C41H44ClFN8O6/c1-56-35-22-33-30(38(45-24-44-33)46-26-3-6-32(43)31(42)19-26)21-36(35)57-18-2-11-48-12-9-25(10-13-48)23-49-14-16-50(17-15-49)27-4-5-28-29(20-27)41(55)51(40(28)54)34-7-8-37(52)47-39(34)53/h3-6,19-22,24-25,34H,2,7-18,23H2,1H3,(H,44,45,46)(H,47,52,53)/i14D2,15D2,16D2,17D2. The second-order valence-electron chi connectivity index (χ2n) is 14.1. The average Bonchev–Trinajstić information content (AvgIpc) is 3.50. The van der Waals surface area contributed by atoms with E-state index in [4.69, 9.17) is 32.0 Å². The molecule has 1 atom stereocenters. The van der Waals surface area contributed by atoms with Gasteiger partial charge in [0.1, 0.15) is 24.0 Å². The normalized spacial score (nSPS) is 25.2. The second-order valence-corrected chi connectivity index (χ2v) is 14.5. The Morgan fingerprint density at radius 1 is 0.930 bits per heavy atom. The van der Waals surface area contributed by atoms with E-state index >= 15 is 0 Å². The van der Waals surface area contributed by atoms with Gasteiger partial charge in [0.25, 0.3) is 11.8 Å². The highest BCUT2D eigenvalue weighted by atomic mass is 35.5. The molecule has 2 N–H and O–H groups in total. The van der Waals surface area contributed by atoms with Crippen LogP contribution in [0.25, 0.3) is 10.9 Å². The summed E-state index contributed by atoms with van der Waals surface area (Å²) < 4.78 is 97.7. The maximum atomic E-state index is 13.8. The number of nitrogens with one attached hydrogen (secondary N) is 2. The van der Waals surface area contributed by atoms with Crippen LogP contribution in [0.5, 0.6) is 11.5 Å². The third kappa shape index (κ3) is 8.22. The van der Waals surface area contributed by atoms with Gasteiger partial charge in [-0.05, 0) is 87.2 Å². The Balaban J connectivity index is 0.897. The molecule has 298 valence electrons. The summed E-state index contributed by atoms with van der Waals surface area (Å²) in [5, 5.41) is 5.82. The van der Waals surface area contributed by atoms with E-state index in [1.165, 1.54) is 31.6 Å². The molecule has 4 aromatic rings. The molecule has 4 aliphatic heterocycles. The number of likely N-dealkylation sites (tertiary alicyclic amines) is 1. The lowest BCUT2D eigenvalue weighted by Gasteiger charge is -2.39. The van der Waals surface area contributed by atoms with E-state index in [0.29, 0.717) is 94.1 Å². The number of piperidine rings is 2. The van der Waals surface area contributed by atoms with Gasteiger partial charge in [0, 0.05) is 73.8 Å². The first kappa shape index (κ1) is 29.8. The quantitative estimate of drug-likeness (QED) is 0.149. The van der Waals surface area contributed by atoms with Crippen molar-refractivity contribution in [2.45, 2.75) is 38.1 Å². The van der Waals surface area contributed by atoms with Crippen LogP contribution in [-0.2, 0) is 9.59 Å². The van der Waals surface area contributed by atoms with E-state index in [2.05, 4.69) is 25.5 Å². The van der Waals surface area contributed by atoms with Gasteiger partial charge < -0.3 is 24.6 Å². The molecule has 3 fully saturated rings. The van der Waals surface area contributed by atoms with E-state index in [0.717, 1.165) is 18.2 Å². The van der Waals surface area contributed by atoms with E-state index in [1.807, 2.05) is 0 Å². The molecule has 16 heteroatoms. The number of carbonyl (C=O) groups is 4. The third-order valence-corrected chi connectivity index (χ3v) is 10.7. The van der Waals surface area contributed by atoms with Gasteiger partial charge in [-0.25, -0.2) is 14.4 Å². The predicted octanol–water partition coefficient (Wildman–Crippen LogP) is 4.88. The van der Waals surface area contributed by atoms with Crippen molar-refractivity contribution >= 4 is 63.3 Å². The fourth-order valence-electron chi connectivity index (χ4n) is 7.36. The Hall–Kier alpha value is -5.38. The van der Waals surface area contributed by atoms with Gasteiger partial charge in [-0.2, -0.15) is 0 Å². The molecule has 5 heterocycles. The summed E-state index contributed by atoms with van der Waals surface area (Å²) in [5.74, 6) is -2.69. The number of hydrogen-bond donors (Lipinski definition) is 2. The van der Waals surface area contributed by atoms with Gasteiger partial charge in [0.05, 0.1) is 40.9 Å². The smallest absolute Gasteiger partial charge is 0.262 e. The van der Waals surface area contributed by atoms with Gasteiger partial charge in [0.2, 0.25) is 11.8 Å². The summed E-state index contributed by atoms with van der Waals surface area (Å²) in [6.07, 6.45) is 2.77. The molecule has 4 aliphatic rings. The summed E-state index contributed by atoms with van der Waals surface area (Å²) in [5.41, 5.74) is 0.252. The van der Waals surface area contributed by atoms with Crippen LogP contribution in [0.1, 0.15) is 63.8 Å². The summed E-state index contributed by atoms with van der Waals surface area (Å²) in [6, 6.07) is 9.68. The molecule has 0 bridgehead atoms. The summed E-state index contributed by atoms with van der Waals surface area (Å²) in [6.45, 7) is -10.9. The molecule has 3 aromatic carbocycles. The number of halogens is 2. The van der Waals surface area contributed by atoms with Gasteiger partial charge in [-0.15, -0.1) is 0 Å². The molecule has 14 nitrogen and oxygen atoms in total. The molecule has 0 radical (unpaired) electrons. The number of methoxy groups -OCH3 is 1. The number of benzene rings is 3. The third-order valence-electron chi connectivity index (χ3n) is 10.4. The number of nitrogens with zero attached hydrogens (tertiary/aromatic N) is 6. The minimum atomic E-state index is -3.22. The second kappa shape index (κ2) is 16.6. The number of ether oxygens (including phenoxy) is 2. The summed E-state index contributed by atoms with van der Waals surface area (Å²) >= 11 is 5.97. The Morgan fingerprint density at radius 2 is 1.72 bits per heavy atom. The van der Waals surface area contributed by atoms with Crippen molar-refractivity contribution in [2.24, 2.45) is 5.92 Å². The number of piperazine rings is 1. The monoisotopic (exact) mass is 806 g/mol. The molecular formula is C41H44ClFN8O6. The first-order valence-electron chi connectivity index (χ1n) is 22.5. The largest absolute Gasteiger partial charge is 0.493 e. The van der Waals surface area contributed by atoms with Crippen LogP contribution in [0.3, 0.4) is 0 Å². The van der Waals surface area contributed by atoms with Crippen molar-refractivity contribution in [1.82, 2.24) is 30.0 Å². The van der Waals surface area contributed by atoms with E-state index in [9.17, 15) is 23.6 Å². The topological polar surface area (TPSA) is 150 Å². The molecule has 8 rings (SSSR count). The highest BCUT2D eigenvalue weighted by Gasteiger charge is 2.45. The fourth-order valence-corrected chi connectivity index (χ4v) is 7.54. The Labute approximate surface area is 345 Å². The van der Waals surface area contributed by atoms with Gasteiger partial charge in [-0.1, -0.05) is 11.6 Å². The van der Waals surface area contributed by atoms with Crippen LogP contribution in [0, 0.1) is 11.7 Å². The number of fused-ring (bicyclic) bond motifs is 2. The molecule has 1 unspecified atom stereocenters. The number of rotatable bonds is 12. The van der Waals surface area contributed by atoms with Crippen molar-refractivity contribution in [3.8, 4) is 11.5 Å². The van der Waals surface area contributed by atoms with Crippen molar-refractivity contribution in [2.75, 3.05) is 76.1 Å². The lowest BCUT2D eigenvalue weighted by molar-refractivity contribution is -0.136. The predicted molar refractivity (Wildman–Crippen MR) is 212 cm³/mol. The molecule has 1 aromatic heterocycles. The maximum Gasteiger partial charge on any atom is 0.262 e. The molecule has 4 amide bonds. The Morgan fingerprint density at radius 3 is 2.47 bits per heavy atom. The minimum Gasteiger partial charge on any atom is -0.493 e. The van der Waals surface area contributed by atoms with Gasteiger partial charge in [0.15, 0.2) is 11.5 Å². The lowest BCUT2D eigenvalue weighted by Crippen LogP contribution is -2.54. The Kier molecular flexibility index (Phi) is 8.69. The highest BCUT2D eigenvalue weighted by molar-refractivity contribution is 6.31. The zero-order valence-electron chi connectivity index (χ0n) is 38.8. The summed E-state index contributed by atoms with van der Waals surface area (Å²) in [4.78, 5) is 63.7. The van der Waals surface area contributed by atoms with Crippen LogP contribution in [-0.4, -0.2) is 120 Å². The molecule has 57 heavy (non-hydrogen) atoms. The van der Waals surface area contributed by atoms with Gasteiger partial charge >= 0.3 is 0 Å². The lowest BCUT2D eigenvalue weighted by atomic mass is 9.95. The SMILES string of the molecule is [2H]C1([2H])N(CC2CCN(CCCOc3cc4c(Nc5ccc(F)c(Cl)c5)ncnc4cc3OC)CC2)C([2H])([2H])C([2H])([2H])N(c2ccc3c(c2)C(=O)N(C2CCC(=O)NC2=O)C3=O)C1([2H])[2H]. The summed E-state index contributed by atoms with van der Waals surface area (Å²) in [7, 11) is 1.51. The van der Waals surface area contributed by atoms with Crippen LogP contribution in [0.15, 0.2) is 54.9 Å². The number of hydrogen-bond acceptors (Lipinski definition) is 12. The fraction of sp³-hybridized carbons (Fsp3) is 0.415. The minimum absolute atomic E-state index is 0.0451. The number of imide groups is 2. The number of aromatic nitrogens is 2. The Bertz CT molecular complexity index is 2560. The van der Waals surface area contributed by atoms with Crippen LogP contribution >= 0.6 is 11.6 Å². The van der Waals surface area contributed by atoms with Crippen molar-refractivity contribution in [1.29, 1.82) is 0 Å². The van der Waals surface area contributed by atoms with E-state index in [1.54, 1.807) is 12.1 Å². The zero-order valence-corrected chi connectivity index (χ0v) is 31.6. The van der Waals surface area contributed by atoms with Crippen molar-refractivity contribution in [3.05, 3.63) is 76.8 Å². The molecule has 3 saturated heterocycles. The van der Waals surface area contributed by atoms with E-state index in [-0.39, 0.29) is 41.5 Å².